The predicted octanol–water partition coefficient (Wildman–Crippen LogP) is 3.08. The van der Waals surface area contributed by atoms with E-state index in [4.69, 9.17) is 9.84 Å². The number of carboxylic acid groups (broad SMARTS) is 1. The predicted molar refractivity (Wildman–Crippen MR) is 78.4 cm³/mol. The number of carbonyl (C=O) groups is 1. The van der Waals surface area contributed by atoms with Gasteiger partial charge in [-0.1, -0.05) is 25.3 Å². The van der Waals surface area contributed by atoms with Gasteiger partial charge in [-0.05, 0) is 38.0 Å². The maximum absolute atomic E-state index is 10.9. The van der Waals surface area contributed by atoms with Gasteiger partial charge in [0, 0.05) is 12.1 Å². The molecule has 1 aromatic rings. The zero-order valence-corrected chi connectivity index (χ0v) is 12.0. The van der Waals surface area contributed by atoms with E-state index < -0.39 is 5.97 Å². The van der Waals surface area contributed by atoms with E-state index in [1.165, 1.54) is 32.1 Å². The van der Waals surface area contributed by atoms with Gasteiger partial charge < -0.3 is 15.2 Å². The first-order valence-corrected chi connectivity index (χ1v) is 7.30. The van der Waals surface area contributed by atoms with Crippen molar-refractivity contribution in [1.82, 2.24) is 5.32 Å². The van der Waals surface area contributed by atoms with E-state index in [2.05, 4.69) is 12.2 Å². The summed E-state index contributed by atoms with van der Waals surface area (Å²) in [4.78, 5) is 10.9. The fraction of sp³-hybridized carbons (Fsp3) is 0.562. The highest BCUT2D eigenvalue weighted by molar-refractivity contribution is 5.87. The zero-order chi connectivity index (χ0) is 14.4. The van der Waals surface area contributed by atoms with Gasteiger partial charge in [-0.2, -0.15) is 0 Å². The van der Waals surface area contributed by atoms with Crippen molar-refractivity contribution in [2.45, 2.75) is 44.6 Å². The Kier molecular flexibility index (Phi) is 5.01. The van der Waals surface area contributed by atoms with E-state index in [-0.39, 0.29) is 11.1 Å². The fourth-order valence-corrected chi connectivity index (χ4v) is 2.75. The molecule has 0 bridgehead atoms. The molecule has 4 nitrogen and oxygen atoms in total. The molecule has 1 aliphatic rings. The first-order chi connectivity index (χ1) is 9.59. The summed E-state index contributed by atoms with van der Waals surface area (Å²) in [5, 5.41) is 12.5. The molecule has 2 N–H and O–H groups in total. The van der Waals surface area contributed by atoms with E-state index in [1.54, 1.807) is 24.3 Å². The van der Waals surface area contributed by atoms with Crippen molar-refractivity contribution in [3.8, 4) is 5.75 Å². The summed E-state index contributed by atoms with van der Waals surface area (Å²) in [6, 6.07) is 6.62. The Balaban J connectivity index is 1.75. The Bertz CT molecular complexity index is 453. The van der Waals surface area contributed by atoms with E-state index in [9.17, 15) is 4.79 Å². The van der Waals surface area contributed by atoms with Gasteiger partial charge in [0.2, 0.25) is 0 Å². The normalized spacial score (nSPS) is 17.6. The maximum atomic E-state index is 10.9. The minimum Gasteiger partial charge on any atom is -0.492 e. The molecule has 1 aromatic carbocycles. The number of hydrogen-bond donors (Lipinski definition) is 2. The van der Waals surface area contributed by atoms with Crippen LogP contribution in [0, 0.1) is 0 Å². The largest absolute Gasteiger partial charge is 0.492 e. The number of carboxylic acids is 1. The molecule has 0 unspecified atom stereocenters. The second-order valence-electron chi connectivity index (χ2n) is 5.73. The van der Waals surface area contributed by atoms with E-state index in [0.717, 1.165) is 6.54 Å². The van der Waals surface area contributed by atoms with Crippen LogP contribution in [-0.4, -0.2) is 29.8 Å². The third kappa shape index (κ3) is 4.23. The molecule has 0 spiro atoms. The van der Waals surface area contributed by atoms with E-state index in [0.29, 0.717) is 12.4 Å². The first kappa shape index (κ1) is 14.9. The summed E-state index contributed by atoms with van der Waals surface area (Å²) in [7, 11) is 0. The van der Waals surface area contributed by atoms with Crippen molar-refractivity contribution < 1.29 is 14.6 Å². The summed E-state index contributed by atoms with van der Waals surface area (Å²) < 4.78 is 5.61. The van der Waals surface area contributed by atoms with Gasteiger partial charge in [0.15, 0.2) is 0 Å². The van der Waals surface area contributed by atoms with Gasteiger partial charge in [0.25, 0.3) is 0 Å². The molecule has 20 heavy (non-hydrogen) atoms. The topological polar surface area (TPSA) is 58.6 Å². The van der Waals surface area contributed by atoms with Crippen molar-refractivity contribution in [2.24, 2.45) is 0 Å². The Hall–Kier alpha value is -1.55. The lowest BCUT2D eigenvalue weighted by Crippen LogP contribution is -2.45. The van der Waals surface area contributed by atoms with Crippen molar-refractivity contribution >= 4 is 5.97 Å². The molecule has 4 heteroatoms. The average molecular weight is 277 g/mol. The van der Waals surface area contributed by atoms with Crippen LogP contribution in [0.5, 0.6) is 5.75 Å². The van der Waals surface area contributed by atoms with Crippen molar-refractivity contribution in [2.75, 3.05) is 13.2 Å². The highest BCUT2D eigenvalue weighted by Gasteiger charge is 2.25. The molecule has 0 aliphatic heterocycles. The highest BCUT2D eigenvalue weighted by Crippen LogP contribution is 2.27. The van der Waals surface area contributed by atoms with Crippen LogP contribution >= 0.6 is 0 Å². The number of benzene rings is 1. The number of hydrogen-bond acceptors (Lipinski definition) is 3. The summed E-state index contributed by atoms with van der Waals surface area (Å²) in [6.07, 6.45) is 6.38. The summed E-state index contributed by atoms with van der Waals surface area (Å²) in [5.74, 6) is -0.316. The summed E-state index contributed by atoms with van der Waals surface area (Å²) in [6.45, 7) is 3.61. The molecular formula is C16H23NO3. The molecule has 110 valence electrons. The van der Waals surface area contributed by atoms with Gasteiger partial charge in [-0.15, -0.1) is 0 Å². The van der Waals surface area contributed by atoms with Crippen LogP contribution in [0.4, 0.5) is 0 Å². The monoisotopic (exact) mass is 277 g/mol. The maximum Gasteiger partial charge on any atom is 0.335 e. The minimum atomic E-state index is -0.928. The van der Waals surface area contributed by atoms with Crippen LogP contribution in [0.15, 0.2) is 24.3 Å². The molecule has 0 amide bonds. The summed E-state index contributed by atoms with van der Waals surface area (Å²) in [5.41, 5.74) is 0.500. The lowest BCUT2D eigenvalue weighted by molar-refractivity contribution is 0.0696. The van der Waals surface area contributed by atoms with Gasteiger partial charge in [0.05, 0.1) is 5.56 Å². The van der Waals surface area contributed by atoms with Gasteiger partial charge in [0.1, 0.15) is 12.4 Å². The molecule has 1 aliphatic carbocycles. The van der Waals surface area contributed by atoms with Gasteiger partial charge in [-0.3, -0.25) is 0 Å². The number of ether oxygens (including phenoxy) is 1. The molecule has 2 rings (SSSR count). The fourth-order valence-electron chi connectivity index (χ4n) is 2.75. The first-order valence-electron chi connectivity index (χ1n) is 7.30. The van der Waals surface area contributed by atoms with Crippen molar-refractivity contribution in [1.29, 1.82) is 0 Å². The van der Waals surface area contributed by atoms with Crippen LogP contribution in [0.1, 0.15) is 49.4 Å². The Morgan fingerprint density at radius 1 is 1.35 bits per heavy atom. The quantitative estimate of drug-likeness (QED) is 0.785. The number of aromatic carboxylic acids is 1. The third-order valence-corrected chi connectivity index (χ3v) is 3.96. The molecule has 1 fully saturated rings. The second kappa shape index (κ2) is 6.75. The Morgan fingerprint density at radius 2 is 2.10 bits per heavy atom. The van der Waals surface area contributed by atoms with E-state index in [1.807, 2.05) is 0 Å². The molecule has 0 heterocycles. The molecular weight excluding hydrogens is 254 g/mol. The summed E-state index contributed by atoms with van der Waals surface area (Å²) >= 11 is 0. The molecule has 0 atom stereocenters. The highest BCUT2D eigenvalue weighted by atomic mass is 16.5. The lowest BCUT2D eigenvalue weighted by atomic mass is 9.83. The van der Waals surface area contributed by atoms with Crippen LogP contribution in [-0.2, 0) is 0 Å². The molecule has 1 saturated carbocycles. The smallest absolute Gasteiger partial charge is 0.335 e. The lowest BCUT2D eigenvalue weighted by Gasteiger charge is -2.34. The number of rotatable bonds is 6. The third-order valence-electron chi connectivity index (χ3n) is 3.96. The molecule has 0 aromatic heterocycles. The van der Waals surface area contributed by atoms with Crippen LogP contribution in [0.2, 0.25) is 0 Å². The van der Waals surface area contributed by atoms with Crippen LogP contribution in [0.3, 0.4) is 0 Å². The standard InChI is InChI=1S/C16H23NO3/c1-16(8-3-2-4-9-16)17-10-11-20-14-7-5-6-13(12-14)15(18)19/h5-7,12,17H,2-4,8-11H2,1H3,(H,18,19). The average Bonchev–Trinajstić information content (AvgIpc) is 2.45. The van der Waals surface area contributed by atoms with Crippen molar-refractivity contribution in [3.05, 3.63) is 29.8 Å². The van der Waals surface area contributed by atoms with Gasteiger partial charge >= 0.3 is 5.97 Å². The minimum absolute atomic E-state index is 0.241. The van der Waals surface area contributed by atoms with Crippen molar-refractivity contribution in [3.63, 3.8) is 0 Å². The van der Waals surface area contributed by atoms with Crippen LogP contribution in [0.25, 0.3) is 0 Å². The van der Waals surface area contributed by atoms with E-state index >= 15 is 0 Å². The molecule has 0 radical (unpaired) electrons. The zero-order valence-electron chi connectivity index (χ0n) is 12.0. The molecule has 0 saturated heterocycles. The SMILES string of the molecule is CC1(NCCOc2cccc(C(=O)O)c2)CCCCC1. The van der Waals surface area contributed by atoms with Gasteiger partial charge in [-0.25, -0.2) is 4.79 Å². The second-order valence-corrected chi connectivity index (χ2v) is 5.73. The van der Waals surface area contributed by atoms with Crippen LogP contribution < -0.4 is 10.1 Å². The number of nitrogens with one attached hydrogen (secondary N) is 1. The Morgan fingerprint density at radius 3 is 2.80 bits per heavy atom. The Labute approximate surface area is 120 Å².